The van der Waals surface area contributed by atoms with E-state index in [4.69, 9.17) is 4.74 Å². The van der Waals surface area contributed by atoms with Crippen molar-refractivity contribution in [3.05, 3.63) is 29.3 Å². The number of carbonyl (C=O) groups excluding carboxylic acids is 2. The first kappa shape index (κ1) is 16.3. The third-order valence-electron chi connectivity index (χ3n) is 4.19. The highest BCUT2D eigenvalue weighted by atomic mass is 16.5. The molecule has 5 nitrogen and oxygen atoms in total. The van der Waals surface area contributed by atoms with Crippen LogP contribution in [-0.4, -0.2) is 50.1 Å². The van der Waals surface area contributed by atoms with Crippen LogP contribution in [0, 0.1) is 0 Å². The third-order valence-corrected chi connectivity index (χ3v) is 4.19. The molecule has 5 heteroatoms. The Bertz CT molecular complexity index is 553. The number of nitrogens with zero attached hydrogens (tertiary/aromatic N) is 2. The maximum absolute atomic E-state index is 12.4. The average molecular weight is 304 g/mol. The molecule has 2 rings (SSSR count). The molecule has 1 aliphatic heterocycles. The summed E-state index contributed by atoms with van der Waals surface area (Å²) in [5.74, 6) is -0.185. The smallest absolute Gasteiger partial charge is 0.338 e. The molecule has 1 aliphatic rings. The second-order valence-corrected chi connectivity index (χ2v) is 5.39. The van der Waals surface area contributed by atoms with Crippen molar-refractivity contribution >= 4 is 17.6 Å². The Morgan fingerprint density at radius 3 is 2.64 bits per heavy atom. The first-order chi connectivity index (χ1) is 10.6. The van der Waals surface area contributed by atoms with E-state index in [0.29, 0.717) is 12.1 Å². The van der Waals surface area contributed by atoms with E-state index in [1.165, 1.54) is 7.11 Å². The molecular formula is C17H24N2O3. The van der Waals surface area contributed by atoms with Gasteiger partial charge in [0.2, 0.25) is 5.91 Å². The standard InChI is InChI=1S/C17H24N2O3/c1-4-18(5-2)16(20)12-19-11-7-9-13-14(17(21)22-3)8-6-10-15(13)19/h6,8,10H,4-5,7,9,11-12H2,1-3H3. The van der Waals surface area contributed by atoms with Crippen molar-refractivity contribution in [2.45, 2.75) is 26.7 Å². The molecule has 120 valence electrons. The number of fused-ring (bicyclic) bond motifs is 1. The van der Waals surface area contributed by atoms with Crippen LogP contribution in [0.4, 0.5) is 5.69 Å². The Morgan fingerprint density at radius 2 is 2.00 bits per heavy atom. The van der Waals surface area contributed by atoms with Crippen LogP contribution in [0.3, 0.4) is 0 Å². The van der Waals surface area contributed by atoms with Gasteiger partial charge in [-0.05, 0) is 44.4 Å². The number of rotatable bonds is 5. The van der Waals surface area contributed by atoms with Gasteiger partial charge in [0.25, 0.3) is 0 Å². The fourth-order valence-electron chi connectivity index (χ4n) is 3.01. The zero-order valence-electron chi connectivity index (χ0n) is 13.6. The van der Waals surface area contributed by atoms with Gasteiger partial charge in [0, 0.05) is 25.3 Å². The molecule has 1 aromatic carbocycles. The minimum Gasteiger partial charge on any atom is -0.465 e. The highest BCUT2D eigenvalue weighted by Crippen LogP contribution is 2.30. The van der Waals surface area contributed by atoms with E-state index in [0.717, 1.165) is 43.7 Å². The topological polar surface area (TPSA) is 49.9 Å². The van der Waals surface area contributed by atoms with Gasteiger partial charge in [-0.2, -0.15) is 0 Å². The summed E-state index contributed by atoms with van der Waals surface area (Å²) in [6, 6.07) is 5.63. The van der Waals surface area contributed by atoms with Gasteiger partial charge in [-0.3, -0.25) is 4.79 Å². The van der Waals surface area contributed by atoms with Crippen molar-refractivity contribution < 1.29 is 14.3 Å². The summed E-state index contributed by atoms with van der Waals surface area (Å²) >= 11 is 0. The van der Waals surface area contributed by atoms with Crippen LogP contribution in [-0.2, 0) is 16.0 Å². The molecule has 0 aliphatic carbocycles. The van der Waals surface area contributed by atoms with Crippen LogP contribution in [0.15, 0.2) is 18.2 Å². The highest BCUT2D eigenvalue weighted by Gasteiger charge is 2.24. The average Bonchev–Trinajstić information content (AvgIpc) is 2.55. The summed E-state index contributed by atoms with van der Waals surface area (Å²) < 4.78 is 4.86. The molecule has 0 saturated carbocycles. The van der Waals surface area contributed by atoms with E-state index in [2.05, 4.69) is 4.90 Å². The van der Waals surface area contributed by atoms with E-state index in [9.17, 15) is 9.59 Å². The van der Waals surface area contributed by atoms with Crippen LogP contribution < -0.4 is 4.90 Å². The Morgan fingerprint density at radius 1 is 1.27 bits per heavy atom. The van der Waals surface area contributed by atoms with Gasteiger partial charge < -0.3 is 14.5 Å². The minimum absolute atomic E-state index is 0.126. The normalized spacial score (nSPS) is 13.5. The van der Waals surface area contributed by atoms with Gasteiger partial charge in [-0.1, -0.05) is 6.07 Å². The molecule has 1 amide bonds. The second kappa shape index (κ2) is 7.29. The van der Waals surface area contributed by atoms with Crippen molar-refractivity contribution in [3.63, 3.8) is 0 Å². The van der Waals surface area contributed by atoms with Gasteiger partial charge in [-0.15, -0.1) is 0 Å². The van der Waals surface area contributed by atoms with E-state index in [1.54, 1.807) is 6.07 Å². The summed E-state index contributed by atoms with van der Waals surface area (Å²) in [6.07, 6.45) is 1.78. The molecule has 1 heterocycles. The number of carbonyl (C=O) groups is 2. The molecular weight excluding hydrogens is 280 g/mol. The number of esters is 1. The first-order valence-corrected chi connectivity index (χ1v) is 7.85. The van der Waals surface area contributed by atoms with Gasteiger partial charge in [0.15, 0.2) is 0 Å². The molecule has 22 heavy (non-hydrogen) atoms. The molecule has 0 aromatic heterocycles. The minimum atomic E-state index is -0.311. The lowest BCUT2D eigenvalue weighted by Gasteiger charge is -2.33. The lowest BCUT2D eigenvalue weighted by molar-refractivity contribution is -0.129. The number of methoxy groups -OCH3 is 1. The maximum atomic E-state index is 12.4. The summed E-state index contributed by atoms with van der Waals surface area (Å²) in [5.41, 5.74) is 2.59. The van der Waals surface area contributed by atoms with E-state index >= 15 is 0 Å². The zero-order valence-corrected chi connectivity index (χ0v) is 13.6. The number of ether oxygens (including phenoxy) is 1. The summed E-state index contributed by atoms with van der Waals surface area (Å²) in [7, 11) is 1.40. The number of benzene rings is 1. The predicted molar refractivity (Wildman–Crippen MR) is 86.2 cm³/mol. The third kappa shape index (κ3) is 3.24. The van der Waals surface area contributed by atoms with Crippen molar-refractivity contribution in [1.29, 1.82) is 0 Å². The van der Waals surface area contributed by atoms with Gasteiger partial charge >= 0.3 is 5.97 Å². The molecule has 1 aromatic rings. The Balaban J connectivity index is 2.25. The zero-order chi connectivity index (χ0) is 16.1. The van der Waals surface area contributed by atoms with Gasteiger partial charge in [-0.25, -0.2) is 4.79 Å². The van der Waals surface area contributed by atoms with Gasteiger partial charge in [0.05, 0.1) is 19.2 Å². The van der Waals surface area contributed by atoms with Crippen LogP contribution in [0.1, 0.15) is 36.2 Å². The number of hydrogen-bond acceptors (Lipinski definition) is 4. The molecule has 0 spiro atoms. The molecule has 0 radical (unpaired) electrons. The molecule has 0 fully saturated rings. The van der Waals surface area contributed by atoms with Crippen molar-refractivity contribution in [2.75, 3.05) is 38.2 Å². The monoisotopic (exact) mass is 304 g/mol. The highest BCUT2D eigenvalue weighted by molar-refractivity contribution is 5.93. The first-order valence-electron chi connectivity index (χ1n) is 7.85. The van der Waals surface area contributed by atoms with E-state index in [1.807, 2.05) is 30.9 Å². The molecule has 0 atom stereocenters. The number of amides is 1. The quantitative estimate of drug-likeness (QED) is 0.782. The maximum Gasteiger partial charge on any atom is 0.338 e. The summed E-state index contributed by atoms with van der Waals surface area (Å²) in [5, 5.41) is 0. The summed E-state index contributed by atoms with van der Waals surface area (Å²) in [6.45, 7) is 6.61. The second-order valence-electron chi connectivity index (χ2n) is 5.39. The number of hydrogen-bond donors (Lipinski definition) is 0. The predicted octanol–water partition coefficient (Wildman–Crippen LogP) is 2.09. The van der Waals surface area contributed by atoms with Crippen LogP contribution in [0.25, 0.3) is 0 Å². The van der Waals surface area contributed by atoms with Crippen molar-refractivity contribution in [3.8, 4) is 0 Å². The van der Waals surface area contributed by atoms with Crippen LogP contribution in [0.2, 0.25) is 0 Å². The number of anilines is 1. The van der Waals surface area contributed by atoms with Crippen molar-refractivity contribution in [1.82, 2.24) is 4.90 Å². The fraction of sp³-hybridized carbons (Fsp3) is 0.529. The largest absolute Gasteiger partial charge is 0.465 e. The lowest BCUT2D eigenvalue weighted by Crippen LogP contribution is -2.42. The Hall–Kier alpha value is -2.04. The molecule has 0 saturated heterocycles. The molecule has 0 N–H and O–H groups in total. The van der Waals surface area contributed by atoms with E-state index in [-0.39, 0.29) is 11.9 Å². The Kier molecular flexibility index (Phi) is 5.41. The number of likely N-dealkylation sites (N-methyl/N-ethyl adjacent to an activating group) is 1. The fourth-order valence-corrected chi connectivity index (χ4v) is 3.01. The van der Waals surface area contributed by atoms with Crippen LogP contribution >= 0.6 is 0 Å². The van der Waals surface area contributed by atoms with Crippen molar-refractivity contribution in [2.24, 2.45) is 0 Å². The summed E-state index contributed by atoms with van der Waals surface area (Å²) in [4.78, 5) is 28.2. The molecule has 0 unspecified atom stereocenters. The Labute approximate surface area is 131 Å². The van der Waals surface area contributed by atoms with E-state index < -0.39 is 0 Å². The SMILES string of the molecule is CCN(CC)C(=O)CN1CCCc2c(C(=O)OC)cccc21. The van der Waals surface area contributed by atoms with Crippen LogP contribution in [0.5, 0.6) is 0 Å². The lowest BCUT2D eigenvalue weighted by atomic mass is 9.96. The van der Waals surface area contributed by atoms with Gasteiger partial charge in [0.1, 0.15) is 0 Å². The molecule has 0 bridgehead atoms.